The first-order valence-corrected chi connectivity index (χ1v) is 7.07. The summed E-state index contributed by atoms with van der Waals surface area (Å²) in [6.45, 7) is 2.77. The molecule has 0 aromatic heterocycles. The summed E-state index contributed by atoms with van der Waals surface area (Å²) in [6.07, 6.45) is 0. The van der Waals surface area contributed by atoms with Crippen molar-refractivity contribution in [2.75, 3.05) is 11.9 Å². The molecule has 0 radical (unpaired) electrons. The van der Waals surface area contributed by atoms with Gasteiger partial charge in [-0.1, -0.05) is 34.1 Å². The van der Waals surface area contributed by atoms with Crippen molar-refractivity contribution in [3.8, 4) is 11.8 Å². The normalized spacial score (nSPS) is 9.85. The molecular weight excluding hydrogens is 316 g/mol. The van der Waals surface area contributed by atoms with Crippen LogP contribution in [0.4, 0.5) is 5.69 Å². The Kier molecular flexibility index (Phi) is 5.03. The minimum Gasteiger partial charge on any atom is -0.478 e. The zero-order chi connectivity index (χ0) is 14.4. The molecule has 0 atom stereocenters. The van der Waals surface area contributed by atoms with Gasteiger partial charge in [-0.25, -0.2) is 0 Å². The highest BCUT2D eigenvalue weighted by Gasteiger charge is 2.03. The number of halogens is 1. The van der Waals surface area contributed by atoms with Gasteiger partial charge in [0.05, 0.1) is 0 Å². The van der Waals surface area contributed by atoms with Crippen molar-refractivity contribution in [1.29, 1.82) is 5.26 Å². The highest BCUT2D eigenvalue weighted by Crippen LogP contribution is 2.22. The predicted octanol–water partition coefficient (Wildman–Crippen LogP) is 4.27. The third-order valence-electron chi connectivity index (χ3n) is 2.91. The van der Waals surface area contributed by atoms with E-state index in [1.54, 1.807) is 0 Å². The quantitative estimate of drug-likeness (QED) is 0.890. The Morgan fingerprint density at radius 1 is 1.25 bits per heavy atom. The Hall–Kier alpha value is -1.99. The van der Waals surface area contributed by atoms with Crippen molar-refractivity contribution in [3.63, 3.8) is 0 Å². The highest BCUT2D eigenvalue weighted by atomic mass is 79.9. The van der Waals surface area contributed by atoms with Crippen molar-refractivity contribution in [2.45, 2.75) is 13.5 Å². The van der Waals surface area contributed by atoms with Crippen LogP contribution in [0.3, 0.4) is 0 Å². The zero-order valence-electron chi connectivity index (χ0n) is 11.2. The first-order chi connectivity index (χ1) is 9.70. The van der Waals surface area contributed by atoms with E-state index in [1.165, 1.54) is 5.56 Å². The maximum atomic E-state index is 8.59. The van der Waals surface area contributed by atoms with Gasteiger partial charge < -0.3 is 10.1 Å². The molecule has 4 heteroatoms. The molecule has 2 rings (SSSR count). The van der Waals surface area contributed by atoms with Gasteiger partial charge in [-0.05, 0) is 36.8 Å². The molecule has 0 aliphatic rings. The summed E-state index contributed by atoms with van der Waals surface area (Å²) in [6, 6.07) is 15.8. The van der Waals surface area contributed by atoms with Crippen molar-refractivity contribution < 1.29 is 4.74 Å². The summed E-state index contributed by atoms with van der Waals surface area (Å²) in [5, 5.41) is 11.9. The summed E-state index contributed by atoms with van der Waals surface area (Å²) in [4.78, 5) is 0. The van der Waals surface area contributed by atoms with Crippen LogP contribution in [0.2, 0.25) is 0 Å². The minimum absolute atomic E-state index is 0.0639. The van der Waals surface area contributed by atoms with Crippen LogP contribution in [0.5, 0.6) is 5.75 Å². The summed E-state index contributed by atoms with van der Waals surface area (Å²) < 4.78 is 6.51. The lowest BCUT2D eigenvalue weighted by Crippen LogP contribution is -2.03. The second kappa shape index (κ2) is 6.97. The lowest BCUT2D eigenvalue weighted by molar-refractivity contribution is 0.364. The van der Waals surface area contributed by atoms with Gasteiger partial charge in [0.2, 0.25) is 0 Å². The molecule has 3 nitrogen and oxygen atoms in total. The fourth-order valence-corrected chi connectivity index (χ4v) is 2.10. The van der Waals surface area contributed by atoms with Crippen LogP contribution < -0.4 is 10.1 Å². The Morgan fingerprint density at radius 3 is 2.80 bits per heavy atom. The predicted molar refractivity (Wildman–Crippen MR) is 83.8 cm³/mol. The second-order valence-electron chi connectivity index (χ2n) is 4.37. The molecule has 0 heterocycles. The van der Waals surface area contributed by atoms with Crippen molar-refractivity contribution in [1.82, 2.24) is 0 Å². The molecule has 2 aromatic carbocycles. The molecule has 0 bridgehead atoms. The Labute approximate surface area is 127 Å². The Bertz CT molecular complexity index is 635. The number of nitrogens with zero attached hydrogens (tertiary/aromatic N) is 1. The monoisotopic (exact) mass is 330 g/mol. The molecule has 2 aromatic rings. The smallest absolute Gasteiger partial charge is 0.174 e. The number of nitrogens with one attached hydrogen (secondary N) is 1. The molecule has 0 unspecified atom stereocenters. The number of benzene rings is 2. The SMILES string of the molecule is Cc1cc(NCc2ccccc2OCC#N)ccc1Br. The van der Waals surface area contributed by atoms with Crippen LogP contribution in [0.15, 0.2) is 46.9 Å². The molecule has 0 saturated carbocycles. The minimum atomic E-state index is 0.0639. The van der Waals surface area contributed by atoms with Crippen LogP contribution in [0, 0.1) is 18.3 Å². The molecule has 20 heavy (non-hydrogen) atoms. The van der Waals surface area contributed by atoms with Gasteiger partial charge in [0, 0.05) is 22.3 Å². The zero-order valence-corrected chi connectivity index (χ0v) is 12.8. The van der Waals surface area contributed by atoms with E-state index in [0.717, 1.165) is 21.5 Å². The number of anilines is 1. The van der Waals surface area contributed by atoms with Crippen LogP contribution in [-0.4, -0.2) is 6.61 Å². The molecule has 0 amide bonds. The first-order valence-electron chi connectivity index (χ1n) is 6.28. The molecule has 0 fully saturated rings. The fourth-order valence-electron chi connectivity index (χ4n) is 1.85. The third-order valence-corrected chi connectivity index (χ3v) is 3.80. The number of para-hydroxylation sites is 1. The number of hydrogen-bond donors (Lipinski definition) is 1. The lowest BCUT2D eigenvalue weighted by Gasteiger charge is -2.12. The van der Waals surface area contributed by atoms with E-state index in [2.05, 4.69) is 34.2 Å². The van der Waals surface area contributed by atoms with Crippen molar-refractivity contribution in [3.05, 3.63) is 58.1 Å². The Balaban J connectivity index is 2.06. The highest BCUT2D eigenvalue weighted by molar-refractivity contribution is 9.10. The largest absolute Gasteiger partial charge is 0.478 e. The van der Waals surface area contributed by atoms with E-state index in [0.29, 0.717) is 6.54 Å². The fraction of sp³-hybridized carbons (Fsp3) is 0.188. The van der Waals surface area contributed by atoms with E-state index < -0.39 is 0 Å². The number of aryl methyl sites for hydroxylation is 1. The van der Waals surface area contributed by atoms with E-state index in [4.69, 9.17) is 10.00 Å². The topological polar surface area (TPSA) is 45.0 Å². The van der Waals surface area contributed by atoms with Gasteiger partial charge in [-0.15, -0.1) is 0 Å². The standard InChI is InChI=1S/C16H15BrN2O/c1-12-10-14(6-7-15(12)17)19-11-13-4-2-3-5-16(13)20-9-8-18/h2-7,10,19H,9,11H2,1H3. The lowest BCUT2D eigenvalue weighted by atomic mass is 10.2. The average Bonchev–Trinajstić information content (AvgIpc) is 2.47. The molecule has 0 spiro atoms. The molecule has 102 valence electrons. The van der Waals surface area contributed by atoms with Crippen LogP contribution in [0.25, 0.3) is 0 Å². The van der Waals surface area contributed by atoms with Gasteiger partial charge in [0.25, 0.3) is 0 Å². The van der Waals surface area contributed by atoms with Gasteiger partial charge in [-0.3, -0.25) is 0 Å². The summed E-state index contributed by atoms with van der Waals surface area (Å²) >= 11 is 3.49. The first kappa shape index (κ1) is 14.4. The summed E-state index contributed by atoms with van der Waals surface area (Å²) in [5.41, 5.74) is 3.27. The molecule has 1 N–H and O–H groups in total. The molecule has 0 aliphatic carbocycles. The van der Waals surface area contributed by atoms with Crippen LogP contribution in [-0.2, 0) is 6.54 Å². The van der Waals surface area contributed by atoms with E-state index in [-0.39, 0.29) is 6.61 Å². The molecular formula is C16H15BrN2O. The third kappa shape index (κ3) is 3.75. The maximum absolute atomic E-state index is 8.59. The molecule has 0 saturated heterocycles. The number of ether oxygens (including phenoxy) is 1. The summed E-state index contributed by atoms with van der Waals surface area (Å²) in [7, 11) is 0. The van der Waals surface area contributed by atoms with Crippen molar-refractivity contribution in [2.24, 2.45) is 0 Å². The van der Waals surface area contributed by atoms with Crippen LogP contribution in [0.1, 0.15) is 11.1 Å². The van der Waals surface area contributed by atoms with Gasteiger partial charge in [0.1, 0.15) is 11.8 Å². The summed E-state index contributed by atoms with van der Waals surface area (Å²) in [5.74, 6) is 0.746. The van der Waals surface area contributed by atoms with Gasteiger partial charge in [0.15, 0.2) is 6.61 Å². The Morgan fingerprint density at radius 2 is 2.05 bits per heavy atom. The maximum Gasteiger partial charge on any atom is 0.174 e. The second-order valence-corrected chi connectivity index (χ2v) is 5.23. The average molecular weight is 331 g/mol. The van der Waals surface area contributed by atoms with Crippen molar-refractivity contribution >= 4 is 21.6 Å². The van der Waals surface area contributed by atoms with E-state index in [9.17, 15) is 0 Å². The number of nitriles is 1. The number of hydrogen-bond acceptors (Lipinski definition) is 3. The van der Waals surface area contributed by atoms with E-state index >= 15 is 0 Å². The van der Waals surface area contributed by atoms with Crippen LogP contribution >= 0.6 is 15.9 Å². The van der Waals surface area contributed by atoms with Gasteiger partial charge >= 0.3 is 0 Å². The molecule has 0 aliphatic heterocycles. The van der Waals surface area contributed by atoms with E-state index in [1.807, 2.05) is 42.5 Å². The number of rotatable bonds is 5. The van der Waals surface area contributed by atoms with Gasteiger partial charge in [-0.2, -0.15) is 5.26 Å².